The Labute approximate surface area is 200 Å². The van der Waals surface area contributed by atoms with Crippen molar-refractivity contribution >= 4 is 37.0 Å². The molecule has 0 spiro atoms. The van der Waals surface area contributed by atoms with Crippen LogP contribution in [-0.2, 0) is 4.79 Å². The SMILES string of the molecule is CCCCC(CC)[CH2][Sn]([CH2]CCC)([CH2]CCC)[CH2]C(CC)CCCC.O=C(O)CS. The predicted octanol–water partition coefficient (Wildman–Crippen LogP) is 9.47. The van der Waals surface area contributed by atoms with Crippen LogP contribution in [0.15, 0.2) is 0 Å². The minimum Gasteiger partial charge on any atom is -0.481 e. The van der Waals surface area contributed by atoms with Crippen LogP contribution in [0, 0.1) is 11.8 Å². The number of unbranched alkanes of at least 4 members (excludes halogenated alkanes) is 4. The molecule has 0 aliphatic heterocycles. The summed E-state index contributed by atoms with van der Waals surface area (Å²) in [6.07, 6.45) is 17.6. The van der Waals surface area contributed by atoms with E-state index in [1.165, 1.54) is 77.0 Å². The molecule has 2 atom stereocenters. The van der Waals surface area contributed by atoms with Gasteiger partial charge in [0.25, 0.3) is 0 Å². The number of hydrogen-bond donors (Lipinski definition) is 2. The average molecular weight is 552 g/mol. The molecular formula is C26H56O2SSn. The third kappa shape index (κ3) is 18.2. The molecule has 2 nitrogen and oxygen atoms in total. The van der Waals surface area contributed by atoms with Crippen LogP contribution < -0.4 is 0 Å². The summed E-state index contributed by atoms with van der Waals surface area (Å²) in [5.41, 5.74) is 0. The average Bonchev–Trinajstić information content (AvgIpc) is 2.76. The van der Waals surface area contributed by atoms with Gasteiger partial charge in [0.1, 0.15) is 0 Å². The number of thiol groups is 1. The van der Waals surface area contributed by atoms with Gasteiger partial charge < -0.3 is 5.11 Å². The largest absolute Gasteiger partial charge is 0.481 e. The Morgan fingerprint density at radius 1 is 0.733 bits per heavy atom. The van der Waals surface area contributed by atoms with Gasteiger partial charge in [-0.1, -0.05) is 0 Å². The summed E-state index contributed by atoms with van der Waals surface area (Å²) >= 11 is 1.41. The van der Waals surface area contributed by atoms with Crippen molar-refractivity contribution in [2.75, 3.05) is 5.75 Å². The summed E-state index contributed by atoms with van der Waals surface area (Å²) in [6, 6.07) is 0. The molecule has 0 aliphatic carbocycles. The number of carbonyl (C=O) groups is 1. The number of carboxylic acid groups (broad SMARTS) is 1. The normalized spacial score (nSPS) is 13.4. The standard InChI is InChI=1S/2C8H17.2C4H9.C2H4O2S.Sn/c2*1-4-6-7-8(3)5-2;2*1-3-4-2;3-2(4)1-5;/h2*8H,3-7H2,1-2H3;2*1,3-4H2,2H3;5H,1H2,(H,3,4);. The maximum Gasteiger partial charge on any atom is 0.313 e. The first-order chi connectivity index (χ1) is 14.4. The van der Waals surface area contributed by atoms with E-state index < -0.39 is 24.3 Å². The van der Waals surface area contributed by atoms with Crippen molar-refractivity contribution in [2.45, 2.75) is 136 Å². The van der Waals surface area contributed by atoms with Gasteiger partial charge in [0, 0.05) is 0 Å². The topological polar surface area (TPSA) is 37.3 Å². The fraction of sp³-hybridized carbons (Fsp3) is 0.962. The zero-order valence-electron chi connectivity index (χ0n) is 21.5. The fourth-order valence-electron chi connectivity index (χ4n) is 4.83. The van der Waals surface area contributed by atoms with Crippen LogP contribution in [0.1, 0.15) is 119 Å². The van der Waals surface area contributed by atoms with Crippen molar-refractivity contribution < 1.29 is 9.90 Å². The molecule has 0 aromatic heterocycles. The summed E-state index contributed by atoms with van der Waals surface area (Å²) in [6.45, 7) is 14.5. The second-order valence-electron chi connectivity index (χ2n) is 9.50. The molecule has 30 heavy (non-hydrogen) atoms. The van der Waals surface area contributed by atoms with Crippen molar-refractivity contribution in [2.24, 2.45) is 11.8 Å². The van der Waals surface area contributed by atoms with Gasteiger partial charge in [-0.2, -0.15) is 12.6 Å². The van der Waals surface area contributed by atoms with Crippen molar-refractivity contribution in [3.63, 3.8) is 0 Å². The summed E-state index contributed by atoms with van der Waals surface area (Å²) < 4.78 is 6.87. The molecule has 0 fully saturated rings. The van der Waals surface area contributed by atoms with Crippen LogP contribution in [0.3, 0.4) is 0 Å². The molecule has 0 radical (unpaired) electrons. The number of aliphatic carboxylic acids is 1. The van der Waals surface area contributed by atoms with Gasteiger partial charge in [-0.3, -0.25) is 4.79 Å². The Balaban J connectivity index is 0. The molecule has 0 rings (SSSR count). The third-order valence-corrected chi connectivity index (χ3v) is 23.4. The van der Waals surface area contributed by atoms with Crippen LogP contribution in [0.4, 0.5) is 0 Å². The molecular weight excluding hydrogens is 495 g/mol. The summed E-state index contributed by atoms with van der Waals surface area (Å²) in [7, 11) is 0. The van der Waals surface area contributed by atoms with Crippen LogP contribution in [0.2, 0.25) is 17.7 Å². The van der Waals surface area contributed by atoms with Crippen LogP contribution in [0.5, 0.6) is 0 Å². The van der Waals surface area contributed by atoms with Crippen LogP contribution in [-0.4, -0.2) is 35.2 Å². The van der Waals surface area contributed by atoms with E-state index in [1.807, 2.05) is 0 Å². The van der Waals surface area contributed by atoms with Gasteiger partial charge in [-0.15, -0.1) is 0 Å². The van der Waals surface area contributed by atoms with E-state index in [-0.39, 0.29) is 5.75 Å². The first-order valence-corrected chi connectivity index (χ1v) is 21.9. The van der Waals surface area contributed by atoms with E-state index in [4.69, 9.17) is 5.11 Å². The van der Waals surface area contributed by atoms with Crippen molar-refractivity contribution in [3.8, 4) is 0 Å². The third-order valence-electron chi connectivity index (χ3n) is 6.79. The molecule has 0 aromatic carbocycles. The Bertz CT molecular complexity index is 348. The number of carboxylic acids is 1. The van der Waals surface area contributed by atoms with Gasteiger partial charge in [-0.25, -0.2) is 0 Å². The smallest absolute Gasteiger partial charge is 0.313 e. The summed E-state index contributed by atoms with van der Waals surface area (Å²) in [5.74, 6) is 1.16. The first kappa shape index (κ1) is 32.8. The molecule has 0 amide bonds. The molecule has 0 aliphatic rings. The molecule has 0 saturated heterocycles. The number of hydrogen-bond acceptors (Lipinski definition) is 2. The van der Waals surface area contributed by atoms with E-state index >= 15 is 0 Å². The van der Waals surface area contributed by atoms with Gasteiger partial charge in [0.15, 0.2) is 0 Å². The Morgan fingerprint density at radius 2 is 1.07 bits per heavy atom. The summed E-state index contributed by atoms with van der Waals surface area (Å²) in [4.78, 5) is 9.29. The van der Waals surface area contributed by atoms with E-state index in [9.17, 15) is 4.79 Å². The number of rotatable bonds is 19. The molecule has 0 aromatic rings. The van der Waals surface area contributed by atoms with E-state index in [0.717, 1.165) is 11.8 Å². The molecule has 2 unspecified atom stereocenters. The van der Waals surface area contributed by atoms with Gasteiger partial charge in [0.05, 0.1) is 5.75 Å². The van der Waals surface area contributed by atoms with Gasteiger partial charge in [-0.05, 0) is 0 Å². The molecule has 0 heterocycles. The fourth-order valence-corrected chi connectivity index (χ4v) is 24.5. The van der Waals surface area contributed by atoms with Crippen LogP contribution in [0.25, 0.3) is 0 Å². The molecule has 0 bridgehead atoms. The Morgan fingerprint density at radius 3 is 1.30 bits per heavy atom. The zero-order chi connectivity index (χ0) is 23.3. The summed E-state index contributed by atoms with van der Waals surface area (Å²) in [5, 5.41) is 7.65. The van der Waals surface area contributed by atoms with Crippen molar-refractivity contribution in [3.05, 3.63) is 0 Å². The maximum atomic E-state index is 9.29. The first-order valence-electron chi connectivity index (χ1n) is 13.2. The van der Waals surface area contributed by atoms with E-state index in [1.54, 1.807) is 17.7 Å². The minimum absolute atomic E-state index is 0.0833. The monoisotopic (exact) mass is 552 g/mol. The van der Waals surface area contributed by atoms with E-state index in [0.29, 0.717) is 0 Å². The van der Waals surface area contributed by atoms with Crippen molar-refractivity contribution in [1.82, 2.24) is 0 Å². The predicted molar refractivity (Wildman–Crippen MR) is 143 cm³/mol. The minimum atomic E-state index is -2.00. The zero-order valence-corrected chi connectivity index (χ0v) is 25.2. The van der Waals surface area contributed by atoms with Crippen LogP contribution >= 0.6 is 12.6 Å². The Hall–Kier alpha value is 0.619. The molecule has 1 N–H and O–H groups in total. The second kappa shape index (κ2) is 22.8. The second-order valence-corrected chi connectivity index (χ2v) is 23.6. The van der Waals surface area contributed by atoms with E-state index in [2.05, 4.69) is 54.2 Å². The van der Waals surface area contributed by atoms with Crippen molar-refractivity contribution in [1.29, 1.82) is 0 Å². The Kier molecular flexibility index (Phi) is 24.9. The van der Waals surface area contributed by atoms with Gasteiger partial charge >= 0.3 is 173 Å². The quantitative estimate of drug-likeness (QED) is 0.124. The molecule has 4 heteroatoms. The molecule has 0 saturated carbocycles. The maximum absolute atomic E-state index is 9.29. The molecule has 182 valence electrons. The van der Waals surface area contributed by atoms with Gasteiger partial charge in [0.2, 0.25) is 0 Å².